The normalized spacial score (nSPS) is 17.6. The fourth-order valence-corrected chi connectivity index (χ4v) is 4.02. The summed E-state index contributed by atoms with van der Waals surface area (Å²) in [5.74, 6) is -1.21. The van der Waals surface area contributed by atoms with Crippen LogP contribution in [0.3, 0.4) is 0 Å². The minimum Gasteiger partial charge on any atom is -0.504 e. The quantitative estimate of drug-likeness (QED) is 0.637. The third-order valence-corrected chi connectivity index (χ3v) is 5.46. The Morgan fingerprint density at radius 1 is 1.06 bits per heavy atom. The maximum Gasteiger partial charge on any atom is 0.411 e. The fraction of sp³-hybridized carbons (Fsp3) is 0.364. The molecular formula is C22H25NO8. The Morgan fingerprint density at radius 3 is 2.32 bits per heavy atom. The third-order valence-electron chi connectivity index (χ3n) is 5.46. The van der Waals surface area contributed by atoms with E-state index in [2.05, 4.69) is 0 Å². The summed E-state index contributed by atoms with van der Waals surface area (Å²) in [5.41, 5.74) is -0.486. The van der Waals surface area contributed by atoms with Crippen molar-refractivity contribution in [3.8, 4) is 23.0 Å². The average Bonchev–Trinajstić information content (AvgIpc) is 2.73. The summed E-state index contributed by atoms with van der Waals surface area (Å²) in [4.78, 5) is 26.8. The van der Waals surface area contributed by atoms with Gasteiger partial charge in [0.05, 0.1) is 20.8 Å². The minimum atomic E-state index is -1.85. The molecule has 0 radical (unpaired) electrons. The Hall–Kier alpha value is -3.62. The zero-order valence-corrected chi connectivity index (χ0v) is 17.5. The van der Waals surface area contributed by atoms with E-state index in [1.165, 1.54) is 43.4 Å². The van der Waals surface area contributed by atoms with Crippen molar-refractivity contribution in [2.24, 2.45) is 0 Å². The van der Waals surface area contributed by atoms with Gasteiger partial charge in [0.15, 0.2) is 28.5 Å². The molecule has 1 amide bonds. The van der Waals surface area contributed by atoms with Gasteiger partial charge >= 0.3 is 12.1 Å². The predicted octanol–water partition coefficient (Wildman–Crippen LogP) is 2.65. The molecule has 1 heterocycles. The number of rotatable bonds is 6. The van der Waals surface area contributed by atoms with E-state index in [-0.39, 0.29) is 42.6 Å². The van der Waals surface area contributed by atoms with E-state index in [4.69, 9.17) is 14.2 Å². The molecule has 9 nitrogen and oxygen atoms in total. The zero-order chi connectivity index (χ0) is 22.8. The number of carbonyl (C=O) groups is 2. The number of carboxylic acid groups (broad SMARTS) is 1. The van der Waals surface area contributed by atoms with Gasteiger partial charge in [-0.15, -0.1) is 0 Å². The van der Waals surface area contributed by atoms with E-state index in [0.717, 1.165) is 0 Å². The van der Waals surface area contributed by atoms with Crippen molar-refractivity contribution in [1.82, 2.24) is 4.90 Å². The lowest BCUT2D eigenvalue weighted by Gasteiger charge is -2.44. The van der Waals surface area contributed by atoms with Crippen LogP contribution in [0.25, 0.3) is 0 Å². The summed E-state index contributed by atoms with van der Waals surface area (Å²) >= 11 is 0. The van der Waals surface area contributed by atoms with Crippen LogP contribution in [0.15, 0.2) is 30.3 Å². The van der Waals surface area contributed by atoms with Crippen LogP contribution < -0.4 is 9.47 Å². The standard InChI is InChI=1S/C22H25NO8/c1-4-31-21(28)23-8-7-14-10-17(25)19(30-3)11-15(14)22(23,20(26)27)12-13-5-6-18(29-2)16(24)9-13/h5-6,9-11,24-25H,4,7-8,12H2,1-3H3,(H,26,27). The zero-order valence-electron chi connectivity index (χ0n) is 17.5. The smallest absolute Gasteiger partial charge is 0.411 e. The van der Waals surface area contributed by atoms with Gasteiger partial charge in [0.25, 0.3) is 0 Å². The van der Waals surface area contributed by atoms with Crippen LogP contribution in [0, 0.1) is 0 Å². The number of fused-ring (bicyclic) bond motifs is 1. The molecule has 1 atom stereocenters. The molecule has 2 aromatic carbocycles. The largest absolute Gasteiger partial charge is 0.504 e. The predicted molar refractivity (Wildman–Crippen MR) is 110 cm³/mol. The molecule has 0 fully saturated rings. The van der Waals surface area contributed by atoms with Gasteiger partial charge in [0, 0.05) is 13.0 Å². The maximum atomic E-state index is 12.8. The highest BCUT2D eigenvalue weighted by atomic mass is 16.6. The van der Waals surface area contributed by atoms with Crippen LogP contribution in [-0.4, -0.2) is 59.7 Å². The second-order valence-electron chi connectivity index (χ2n) is 7.13. The molecule has 0 aliphatic carbocycles. The summed E-state index contributed by atoms with van der Waals surface area (Å²) in [6.45, 7) is 1.80. The molecule has 0 spiro atoms. The van der Waals surface area contributed by atoms with Crippen molar-refractivity contribution in [1.29, 1.82) is 0 Å². The Bertz CT molecular complexity index is 1010. The Kier molecular flexibility index (Phi) is 6.14. The molecule has 0 saturated carbocycles. The first-order chi connectivity index (χ1) is 14.8. The Morgan fingerprint density at radius 2 is 1.74 bits per heavy atom. The Balaban J connectivity index is 2.24. The van der Waals surface area contributed by atoms with Crippen molar-refractivity contribution >= 4 is 12.1 Å². The second kappa shape index (κ2) is 8.63. The summed E-state index contributed by atoms with van der Waals surface area (Å²) in [7, 11) is 2.77. The molecule has 166 valence electrons. The van der Waals surface area contributed by atoms with Crippen molar-refractivity contribution in [3.05, 3.63) is 47.0 Å². The minimum absolute atomic E-state index is 0.0754. The molecule has 2 aromatic rings. The van der Waals surface area contributed by atoms with Crippen molar-refractivity contribution < 1.29 is 39.1 Å². The van der Waals surface area contributed by atoms with Crippen LogP contribution in [0.5, 0.6) is 23.0 Å². The van der Waals surface area contributed by atoms with E-state index in [1.807, 2.05) is 0 Å². The number of carbonyl (C=O) groups excluding carboxylic acids is 1. The molecule has 0 saturated heterocycles. The number of aromatic hydroxyl groups is 2. The lowest BCUT2D eigenvalue weighted by molar-refractivity contribution is -0.152. The number of aliphatic carboxylic acids is 1. The fourth-order valence-electron chi connectivity index (χ4n) is 4.02. The first kappa shape index (κ1) is 22.1. The lowest BCUT2D eigenvalue weighted by atomic mass is 9.76. The van der Waals surface area contributed by atoms with Gasteiger partial charge in [-0.25, -0.2) is 9.59 Å². The molecule has 3 rings (SSSR count). The third kappa shape index (κ3) is 3.78. The molecule has 1 unspecified atom stereocenters. The number of amides is 1. The van der Waals surface area contributed by atoms with Crippen molar-refractivity contribution in [3.63, 3.8) is 0 Å². The highest BCUT2D eigenvalue weighted by molar-refractivity contribution is 5.88. The number of hydrogen-bond donors (Lipinski definition) is 3. The lowest BCUT2D eigenvalue weighted by Crippen LogP contribution is -2.59. The first-order valence-corrected chi connectivity index (χ1v) is 9.72. The van der Waals surface area contributed by atoms with Crippen LogP contribution in [0.4, 0.5) is 4.79 Å². The summed E-state index contributed by atoms with van der Waals surface area (Å²) in [5, 5.41) is 30.8. The summed E-state index contributed by atoms with van der Waals surface area (Å²) < 4.78 is 15.4. The van der Waals surface area contributed by atoms with E-state index in [9.17, 15) is 24.9 Å². The molecule has 1 aliphatic heterocycles. The van der Waals surface area contributed by atoms with Gasteiger partial charge in [-0.05, 0) is 54.3 Å². The van der Waals surface area contributed by atoms with Gasteiger partial charge in [-0.3, -0.25) is 4.90 Å². The molecule has 0 aromatic heterocycles. The summed E-state index contributed by atoms with van der Waals surface area (Å²) in [6, 6.07) is 7.45. The van der Waals surface area contributed by atoms with Crippen LogP contribution in [0.2, 0.25) is 0 Å². The van der Waals surface area contributed by atoms with Gasteiger partial charge in [0.2, 0.25) is 0 Å². The van der Waals surface area contributed by atoms with Crippen LogP contribution in [0.1, 0.15) is 23.6 Å². The molecule has 0 bridgehead atoms. The molecule has 3 N–H and O–H groups in total. The van der Waals surface area contributed by atoms with Gasteiger partial charge in [-0.1, -0.05) is 6.07 Å². The monoisotopic (exact) mass is 431 g/mol. The number of phenols is 2. The van der Waals surface area contributed by atoms with Crippen LogP contribution >= 0.6 is 0 Å². The van der Waals surface area contributed by atoms with E-state index < -0.39 is 17.6 Å². The molecule has 31 heavy (non-hydrogen) atoms. The van der Waals surface area contributed by atoms with Crippen LogP contribution in [-0.2, 0) is 27.9 Å². The highest BCUT2D eigenvalue weighted by Gasteiger charge is 2.52. The topological polar surface area (TPSA) is 126 Å². The van der Waals surface area contributed by atoms with Gasteiger partial charge in [-0.2, -0.15) is 0 Å². The van der Waals surface area contributed by atoms with Crippen molar-refractivity contribution in [2.75, 3.05) is 27.4 Å². The SMILES string of the molecule is CCOC(=O)N1CCc2cc(O)c(OC)cc2C1(Cc1ccc(OC)c(O)c1)C(=O)O. The number of carboxylic acids is 1. The number of hydrogen-bond acceptors (Lipinski definition) is 7. The highest BCUT2D eigenvalue weighted by Crippen LogP contribution is 2.44. The van der Waals surface area contributed by atoms with Gasteiger partial charge < -0.3 is 29.5 Å². The van der Waals surface area contributed by atoms with E-state index in [0.29, 0.717) is 23.1 Å². The maximum absolute atomic E-state index is 12.8. The number of phenolic OH excluding ortho intramolecular Hbond substituents is 2. The Labute approximate surface area is 179 Å². The number of methoxy groups -OCH3 is 2. The summed E-state index contributed by atoms with van der Waals surface area (Å²) in [6.07, 6.45) is -0.589. The average molecular weight is 431 g/mol. The van der Waals surface area contributed by atoms with Gasteiger partial charge in [0.1, 0.15) is 0 Å². The number of benzene rings is 2. The van der Waals surface area contributed by atoms with E-state index in [1.54, 1.807) is 13.0 Å². The first-order valence-electron chi connectivity index (χ1n) is 9.72. The number of ether oxygens (including phenoxy) is 3. The molecule has 1 aliphatic rings. The second-order valence-corrected chi connectivity index (χ2v) is 7.13. The van der Waals surface area contributed by atoms with E-state index >= 15 is 0 Å². The molecular weight excluding hydrogens is 406 g/mol. The van der Waals surface area contributed by atoms with Crippen molar-refractivity contribution in [2.45, 2.75) is 25.3 Å². The number of nitrogens with zero attached hydrogens (tertiary/aromatic N) is 1. The molecule has 9 heteroatoms.